The second-order valence-corrected chi connectivity index (χ2v) is 7.09. The number of anilines is 1. The Balaban J connectivity index is 2.85. The van der Waals surface area contributed by atoms with Crippen LogP contribution < -0.4 is 5.32 Å². The van der Waals surface area contributed by atoms with Crippen molar-refractivity contribution < 1.29 is 21.6 Å². The van der Waals surface area contributed by atoms with E-state index in [-0.39, 0.29) is 11.8 Å². The van der Waals surface area contributed by atoms with E-state index in [0.29, 0.717) is 12.1 Å². The van der Waals surface area contributed by atoms with E-state index in [2.05, 4.69) is 5.32 Å². The first-order chi connectivity index (χ1) is 9.53. The first kappa shape index (κ1) is 17.3. The molecular weight excluding hydrogens is 305 g/mol. The summed E-state index contributed by atoms with van der Waals surface area (Å²) < 4.78 is 60.0. The molecule has 0 heterocycles. The van der Waals surface area contributed by atoms with Gasteiger partial charge in [-0.2, -0.15) is 18.4 Å². The average molecular weight is 320 g/mol. The van der Waals surface area contributed by atoms with Crippen molar-refractivity contribution >= 4 is 15.5 Å². The van der Waals surface area contributed by atoms with Gasteiger partial charge in [0.2, 0.25) is 0 Å². The number of nitrogens with one attached hydrogen (secondary N) is 1. The van der Waals surface area contributed by atoms with Crippen LogP contribution >= 0.6 is 0 Å². The number of sulfone groups is 1. The molecule has 0 aromatic heterocycles. The number of hydrogen-bond acceptors (Lipinski definition) is 4. The van der Waals surface area contributed by atoms with Crippen molar-refractivity contribution in [3.63, 3.8) is 0 Å². The summed E-state index contributed by atoms with van der Waals surface area (Å²) in [6, 6.07) is 4.44. The Morgan fingerprint density at radius 1 is 1.38 bits per heavy atom. The third-order valence-corrected chi connectivity index (χ3v) is 3.76. The normalized spacial score (nSPS) is 13.5. The molecule has 0 aliphatic rings. The molecule has 0 saturated carbocycles. The summed E-state index contributed by atoms with van der Waals surface area (Å²) in [5, 5.41) is 11.7. The molecular formula is C13H15F3N2O2S. The molecule has 0 unspecified atom stereocenters. The van der Waals surface area contributed by atoms with Gasteiger partial charge >= 0.3 is 6.18 Å². The third-order valence-electron chi connectivity index (χ3n) is 2.78. The van der Waals surface area contributed by atoms with E-state index in [9.17, 15) is 21.6 Å². The number of benzene rings is 1. The lowest BCUT2D eigenvalue weighted by molar-refractivity contribution is -0.137. The van der Waals surface area contributed by atoms with Crippen LogP contribution in [0.5, 0.6) is 0 Å². The standard InChI is InChI=1S/C13H15F3N2O2S/c1-9(5-6-21(2,19)20)18-11-3-4-12(13(14,15)16)10(7-11)8-17/h3-4,7,9,18H,5-6H2,1-2H3/t9-/m1/s1. The van der Waals surface area contributed by atoms with E-state index in [4.69, 9.17) is 5.26 Å². The molecule has 1 aromatic rings. The predicted octanol–water partition coefficient (Wildman–Crippen LogP) is 2.81. The monoisotopic (exact) mass is 320 g/mol. The Bertz CT molecular complexity index is 648. The molecule has 1 N–H and O–H groups in total. The van der Waals surface area contributed by atoms with Gasteiger partial charge in [-0.3, -0.25) is 0 Å². The molecule has 0 spiro atoms. The van der Waals surface area contributed by atoms with Gasteiger partial charge in [-0.1, -0.05) is 0 Å². The zero-order chi connectivity index (χ0) is 16.3. The number of hydrogen-bond donors (Lipinski definition) is 1. The predicted molar refractivity (Wildman–Crippen MR) is 73.6 cm³/mol. The van der Waals surface area contributed by atoms with E-state index in [0.717, 1.165) is 18.4 Å². The molecule has 8 heteroatoms. The molecule has 0 radical (unpaired) electrons. The van der Waals surface area contributed by atoms with Crippen molar-refractivity contribution in [2.24, 2.45) is 0 Å². The topological polar surface area (TPSA) is 70.0 Å². The number of nitriles is 1. The number of rotatable bonds is 5. The average Bonchev–Trinajstić information content (AvgIpc) is 2.34. The van der Waals surface area contributed by atoms with Gasteiger partial charge in [0.25, 0.3) is 0 Å². The third kappa shape index (κ3) is 5.63. The molecule has 0 aliphatic carbocycles. The summed E-state index contributed by atoms with van der Waals surface area (Å²) in [7, 11) is -3.09. The number of nitrogens with zero attached hydrogens (tertiary/aromatic N) is 1. The van der Waals surface area contributed by atoms with Gasteiger partial charge in [0.1, 0.15) is 9.84 Å². The Morgan fingerprint density at radius 3 is 2.48 bits per heavy atom. The van der Waals surface area contributed by atoms with Gasteiger partial charge in [0.05, 0.1) is 22.9 Å². The van der Waals surface area contributed by atoms with Crippen LogP contribution in [-0.4, -0.2) is 26.5 Å². The van der Waals surface area contributed by atoms with Crippen LogP contribution in [0.25, 0.3) is 0 Å². The van der Waals surface area contributed by atoms with Crippen molar-refractivity contribution in [2.45, 2.75) is 25.6 Å². The highest BCUT2D eigenvalue weighted by Crippen LogP contribution is 2.33. The second-order valence-electron chi connectivity index (χ2n) is 4.83. The highest BCUT2D eigenvalue weighted by molar-refractivity contribution is 7.90. The van der Waals surface area contributed by atoms with Crippen molar-refractivity contribution in [1.29, 1.82) is 5.26 Å². The highest BCUT2D eigenvalue weighted by Gasteiger charge is 2.33. The maximum atomic E-state index is 12.6. The quantitative estimate of drug-likeness (QED) is 0.905. The Hall–Kier alpha value is -1.75. The van der Waals surface area contributed by atoms with Gasteiger partial charge < -0.3 is 5.32 Å². The van der Waals surface area contributed by atoms with E-state index >= 15 is 0 Å². The van der Waals surface area contributed by atoms with Crippen LogP contribution in [0.4, 0.5) is 18.9 Å². The Kier molecular flexibility index (Phi) is 5.23. The maximum Gasteiger partial charge on any atom is 0.417 e. The van der Waals surface area contributed by atoms with Crippen LogP contribution in [0.2, 0.25) is 0 Å². The van der Waals surface area contributed by atoms with Gasteiger partial charge in [-0.15, -0.1) is 0 Å². The van der Waals surface area contributed by atoms with Crippen LogP contribution in [0.1, 0.15) is 24.5 Å². The van der Waals surface area contributed by atoms with Gasteiger partial charge in [0, 0.05) is 18.0 Å². The summed E-state index contributed by atoms with van der Waals surface area (Å²) in [4.78, 5) is 0. The van der Waals surface area contributed by atoms with Gasteiger partial charge in [-0.05, 0) is 31.5 Å². The highest BCUT2D eigenvalue weighted by atomic mass is 32.2. The zero-order valence-corrected chi connectivity index (χ0v) is 12.3. The van der Waals surface area contributed by atoms with E-state index in [1.165, 1.54) is 12.1 Å². The smallest absolute Gasteiger partial charge is 0.383 e. The van der Waals surface area contributed by atoms with Crippen LogP contribution in [0.15, 0.2) is 18.2 Å². The first-order valence-corrected chi connectivity index (χ1v) is 8.14. The molecule has 1 atom stereocenters. The van der Waals surface area contributed by atoms with Crippen LogP contribution in [0, 0.1) is 11.3 Å². The summed E-state index contributed by atoms with van der Waals surface area (Å²) in [6.07, 6.45) is -3.14. The molecule has 0 saturated heterocycles. The zero-order valence-electron chi connectivity index (χ0n) is 11.5. The molecule has 1 aromatic carbocycles. The molecule has 116 valence electrons. The molecule has 21 heavy (non-hydrogen) atoms. The van der Waals surface area contributed by atoms with Crippen LogP contribution in [-0.2, 0) is 16.0 Å². The Morgan fingerprint density at radius 2 is 2.00 bits per heavy atom. The van der Waals surface area contributed by atoms with Crippen molar-refractivity contribution in [1.82, 2.24) is 0 Å². The van der Waals surface area contributed by atoms with Crippen molar-refractivity contribution in [3.05, 3.63) is 29.3 Å². The van der Waals surface area contributed by atoms with Gasteiger partial charge in [0.15, 0.2) is 0 Å². The number of halogens is 3. The first-order valence-electron chi connectivity index (χ1n) is 6.08. The fraction of sp³-hybridized carbons (Fsp3) is 0.462. The molecule has 1 rings (SSSR count). The molecule has 0 amide bonds. The van der Waals surface area contributed by atoms with E-state index in [1.807, 2.05) is 0 Å². The lowest BCUT2D eigenvalue weighted by Crippen LogP contribution is -2.19. The second kappa shape index (κ2) is 6.35. The summed E-state index contributed by atoms with van der Waals surface area (Å²) in [5.74, 6) is -0.0209. The maximum absolute atomic E-state index is 12.6. The fourth-order valence-electron chi connectivity index (χ4n) is 1.72. The molecule has 0 bridgehead atoms. The number of alkyl halides is 3. The molecule has 0 aliphatic heterocycles. The van der Waals surface area contributed by atoms with E-state index < -0.39 is 27.1 Å². The van der Waals surface area contributed by atoms with Crippen molar-refractivity contribution in [3.8, 4) is 6.07 Å². The lowest BCUT2D eigenvalue weighted by atomic mass is 10.1. The lowest BCUT2D eigenvalue weighted by Gasteiger charge is -2.16. The minimum Gasteiger partial charge on any atom is -0.383 e. The summed E-state index contributed by atoms with van der Waals surface area (Å²) in [6.45, 7) is 1.72. The van der Waals surface area contributed by atoms with Crippen LogP contribution in [0.3, 0.4) is 0 Å². The van der Waals surface area contributed by atoms with Crippen molar-refractivity contribution in [2.75, 3.05) is 17.3 Å². The Labute approximate surface area is 121 Å². The van der Waals surface area contributed by atoms with Gasteiger partial charge in [-0.25, -0.2) is 8.42 Å². The summed E-state index contributed by atoms with van der Waals surface area (Å²) >= 11 is 0. The largest absolute Gasteiger partial charge is 0.417 e. The minimum absolute atomic E-state index is 0.0209. The molecule has 4 nitrogen and oxygen atoms in total. The minimum atomic E-state index is -4.58. The SMILES string of the molecule is C[C@H](CCS(C)(=O)=O)Nc1ccc(C(F)(F)F)c(C#N)c1. The summed E-state index contributed by atoms with van der Waals surface area (Å²) in [5.41, 5.74) is -1.11. The fourth-order valence-corrected chi connectivity index (χ4v) is 2.50. The molecule has 0 fully saturated rings. The van der Waals surface area contributed by atoms with E-state index in [1.54, 1.807) is 6.92 Å².